The third kappa shape index (κ3) is 4.07. The fourth-order valence-electron chi connectivity index (χ4n) is 2.83. The molecule has 0 spiro atoms. The maximum Gasteiger partial charge on any atom is 0.223 e. The normalized spacial score (nSPS) is 33.1. The van der Waals surface area contributed by atoms with Crippen molar-refractivity contribution >= 4 is 29.4 Å². The number of nitrogens with two attached hydrogens (primary N) is 1. The molecule has 2 fully saturated rings. The Labute approximate surface area is 118 Å². The highest BCUT2D eigenvalue weighted by atomic mass is 32.2. The van der Waals surface area contributed by atoms with E-state index in [1.165, 1.54) is 30.1 Å². The van der Waals surface area contributed by atoms with Crippen LogP contribution in [-0.2, 0) is 4.79 Å². The Hall–Kier alpha value is 0.130. The highest BCUT2D eigenvalue weighted by Crippen LogP contribution is 2.29. The second kappa shape index (κ2) is 7.65. The smallest absolute Gasteiger partial charge is 0.223 e. The molecule has 5 heteroatoms. The van der Waals surface area contributed by atoms with E-state index in [1.807, 2.05) is 23.5 Å². The molecule has 1 saturated heterocycles. The molecule has 0 aromatic heterocycles. The third-order valence-corrected chi connectivity index (χ3v) is 6.78. The lowest BCUT2D eigenvalue weighted by atomic mass is 9.79. The minimum absolute atomic E-state index is 0.171. The Morgan fingerprint density at radius 2 is 2.11 bits per heavy atom. The van der Waals surface area contributed by atoms with Crippen molar-refractivity contribution in [2.75, 3.05) is 30.3 Å². The lowest BCUT2D eigenvalue weighted by Crippen LogP contribution is -2.42. The van der Waals surface area contributed by atoms with Gasteiger partial charge in [0, 0.05) is 35.0 Å². The number of carbonyl (C=O) groups excluding carboxylic acids is 1. The van der Waals surface area contributed by atoms with Crippen LogP contribution in [0, 0.1) is 11.8 Å². The van der Waals surface area contributed by atoms with Gasteiger partial charge in [0.1, 0.15) is 0 Å². The van der Waals surface area contributed by atoms with E-state index < -0.39 is 0 Å². The highest BCUT2D eigenvalue weighted by molar-refractivity contribution is 8.06. The van der Waals surface area contributed by atoms with E-state index in [2.05, 4.69) is 5.32 Å². The topological polar surface area (TPSA) is 55.1 Å². The molecule has 2 rings (SSSR count). The van der Waals surface area contributed by atoms with Gasteiger partial charge in [0.25, 0.3) is 0 Å². The minimum atomic E-state index is 0.171. The van der Waals surface area contributed by atoms with Gasteiger partial charge in [0.15, 0.2) is 0 Å². The van der Waals surface area contributed by atoms with E-state index in [0.29, 0.717) is 17.7 Å². The van der Waals surface area contributed by atoms with Crippen LogP contribution in [-0.4, -0.2) is 41.5 Å². The van der Waals surface area contributed by atoms with Gasteiger partial charge in [-0.15, -0.1) is 0 Å². The van der Waals surface area contributed by atoms with Crippen LogP contribution in [0.15, 0.2) is 0 Å². The zero-order chi connectivity index (χ0) is 12.8. The van der Waals surface area contributed by atoms with Crippen LogP contribution in [0.3, 0.4) is 0 Å². The summed E-state index contributed by atoms with van der Waals surface area (Å²) in [7, 11) is 0. The number of hydrogen-bond donors (Lipinski definition) is 2. The summed E-state index contributed by atoms with van der Waals surface area (Å²) in [5, 5.41) is 3.76. The van der Waals surface area contributed by atoms with Crippen LogP contribution < -0.4 is 11.1 Å². The molecule has 1 amide bonds. The largest absolute Gasteiger partial charge is 0.355 e. The quantitative estimate of drug-likeness (QED) is 0.827. The molecule has 0 aromatic carbocycles. The first-order valence-corrected chi connectivity index (χ1v) is 9.18. The van der Waals surface area contributed by atoms with Gasteiger partial charge in [-0.25, -0.2) is 0 Å². The van der Waals surface area contributed by atoms with Gasteiger partial charge in [-0.2, -0.15) is 23.5 Å². The lowest BCUT2D eigenvalue weighted by Gasteiger charge is -2.30. The number of thioether (sulfide) groups is 2. The molecule has 1 aliphatic carbocycles. The summed E-state index contributed by atoms with van der Waals surface area (Å²) < 4.78 is 0. The van der Waals surface area contributed by atoms with E-state index in [1.54, 1.807) is 0 Å². The van der Waals surface area contributed by atoms with Gasteiger partial charge in [-0.3, -0.25) is 4.79 Å². The van der Waals surface area contributed by atoms with Crippen LogP contribution in [0.4, 0.5) is 0 Å². The molecule has 1 heterocycles. The zero-order valence-electron chi connectivity index (χ0n) is 10.9. The fourth-order valence-corrected chi connectivity index (χ4v) is 5.45. The SMILES string of the molecule is NCC1CCCCC1C(=O)NCC1CSCCS1. The molecule has 3 N–H and O–H groups in total. The predicted octanol–water partition coefficient (Wildman–Crippen LogP) is 1.72. The fraction of sp³-hybridized carbons (Fsp3) is 0.923. The molecule has 1 saturated carbocycles. The van der Waals surface area contributed by atoms with Crippen molar-refractivity contribution in [3.05, 3.63) is 0 Å². The van der Waals surface area contributed by atoms with Crippen molar-refractivity contribution in [3.63, 3.8) is 0 Å². The van der Waals surface area contributed by atoms with Crippen LogP contribution in [0.1, 0.15) is 25.7 Å². The van der Waals surface area contributed by atoms with Crippen LogP contribution in [0.5, 0.6) is 0 Å². The first kappa shape index (κ1) is 14.5. The monoisotopic (exact) mass is 288 g/mol. The van der Waals surface area contributed by atoms with Crippen molar-refractivity contribution in [2.24, 2.45) is 17.6 Å². The average Bonchev–Trinajstić information content (AvgIpc) is 2.45. The van der Waals surface area contributed by atoms with E-state index in [-0.39, 0.29) is 11.8 Å². The van der Waals surface area contributed by atoms with Crippen LogP contribution in [0.25, 0.3) is 0 Å². The second-order valence-corrected chi connectivity index (χ2v) is 7.76. The van der Waals surface area contributed by atoms with Gasteiger partial charge >= 0.3 is 0 Å². The van der Waals surface area contributed by atoms with E-state index in [9.17, 15) is 4.79 Å². The molecule has 3 nitrogen and oxygen atoms in total. The van der Waals surface area contributed by atoms with Crippen molar-refractivity contribution in [3.8, 4) is 0 Å². The van der Waals surface area contributed by atoms with Gasteiger partial charge in [-0.05, 0) is 25.3 Å². The molecule has 0 bridgehead atoms. The maximum atomic E-state index is 12.2. The number of nitrogens with one attached hydrogen (secondary N) is 1. The van der Waals surface area contributed by atoms with Crippen molar-refractivity contribution in [1.82, 2.24) is 5.32 Å². The highest BCUT2D eigenvalue weighted by Gasteiger charge is 2.30. The molecule has 104 valence electrons. The summed E-state index contributed by atoms with van der Waals surface area (Å²) in [6.07, 6.45) is 4.58. The molecule has 1 aliphatic heterocycles. The Kier molecular flexibility index (Phi) is 6.18. The van der Waals surface area contributed by atoms with E-state index in [4.69, 9.17) is 5.73 Å². The number of carbonyl (C=O) groups is 1. The molecular weight excluding hydrogens is 264 g/mol. The first-order valence-electron chi connectivity index (χ1n) is 6.98. The summed E-state index contributed by atoms with van der Waals surface area (Å²) in [6.45, 7) is 1.50. The Morgan fingerprint density at radius 3 is 2.83 bits per heavy atom. The number of hydrogen-bond acceptors (Lipinski definition) is 4. The summed E-state index contributed by atoms with van der Waals surface area (Å²) >= 11 is 4.00. The second-order valence-electron chi connectivity index (χ2n) is 5.20. The number of amides is 1. The maximum absolute atomic E-state index is 12.2. The van der Waals surface area contributed by atoms with Gasteiger partial charge < -0.3 is 11.1 Å². The van der Waals surface area contributed by atoms with Gasteiger partial charge in [0.2, 0.25) is 5.91 Å². The van der Waals surface area contributed by atoms with Crippen molar-refractivity contribution < 1.29 is 4.79 Å². The molecule has 0 aromatic rings. The van der Waals surface area contributed by atoms with Crippen LogP contribution in [0.2, 0.25) is 0 Å². The van der Waals surface area contributed by atoms with Crippen molar-refractivity contribution in [2.45, 2.75) is 30.9 Å². The van der Waals surface area contributed by atoms with Crippen LogP contribution >= 0.6 is 23.5 Å². The summed E-state index contributed by atoms with van der Waals surface area (Å²) in [4.78, 5) is 12.2. The zero-order valence-corrected chi connectivity index (χ0v) is 12.5. The Balaban J connectivity index is 1.75. The lowest BCUT2D eigenvalue weighted by molar-refractivity contribution is -0.127. The summed E-state index contributed by atoms with van der Waals surface area (Å²) in [5.41, 5.74) is 5.78. The van der Waals surface area contributed by atoms with Gasteiger partial charge in [-0.1, -0.05) is 12.8 Å². The molecule has 3 atom stereocenters. The van der Waals surface area contributed by atoms with E-state index in [0.717, 1.165) is 19.4 Å². The summed E-state index contributed by atoms with van der Waals surface area (Å²) in [6, 6.07) is 0. The van der Waals surface area contributed by atoms with Gasteiger partial charge in [0.05, 0.1) is 0 Å². The molecule has 3 unspecified atom stereocenters. The average molecular weight is 288 g/mol. The Morgan fingerprint density at radius 1 is 1.28 bits per heavy atom. The number of rotatable bonds is 4. The van der Waals surface area contributed by atoms with E-state index >= 15 is 0 Å². The third-order valence-electron chi connectivity index (χ3n) is 3.94. The Bertz CT molecular complexity index is 270. The standard InChI is InChI=1S/C13H24N2OS2/c14-7-10-3-1-2-4-12(10)13(16)15-8-11-9-17-5-6-18-11/h10-12H,1-9,14H2,(H,15,16). The molecule has 18 heavy (non-hydrogen) atoms. The molecule has 2 aliphatic rings. The summed E-state index contributed by atoms with van der Waals surface area (Å²) in [5.74, 6) is 4.49. The molecular formula is C13H24N2OS2. The first-order chi connectivity index (χ1) is 8.81. The minimum Gasteiger partial charge on any atom is -0.355 e. The predicted molar refractivity (Wildman–Crippen MR) is 81.1 cm³/mol. The van der Waals surface area contributed by atoms with Crippen molar-refractivity contribution in [1.29, 1.82) is 0 Å². The molecule has 0 radical (unpaired) electrons.